The molecule has 0 radical (unpaired) electrons. The van der Waals surface area contributed by atoms with Crippen molar-refractivity contribution in [1.29, 1.82) is 0 Å². The number of thiazole rings is 1. The van der Waals surface area contributed by atoms with Gasteiger partial charge in [0.2, 0.25) is 10.0 Å². The smallest absolute Gasteiger partial charge is 0.270 e. The number of nitrogens with zero attached hydrogens (tertiary/aromatic N) is 2. The molecule has 1 N–H and O–H groups in total. The van der Waals surface area contributed by atoms with Crippen molar-refractivity contribution in [1.82, 2.24) is 14.6 Å². The van der Waals surface area contributed by atoms with Gasteiger partial charge in [0.25, 0.3) is 5.91 Å². The predicted molar refractivity (Wildman–Crippen MR) is 99.0 cm³/mol. The van der Waals surface area contributed by atoms with E-state index in [0.717, 1.165) is 12.1 Å². The van der Waals surface area contributed by atoms with Crippen LogP contribution < -0.4 is 5.32 Å². The Morgan fingerprint density at radius 2 is 1.85 bits per heavy atom. The summed E-state index contributed by atoms with van der Waals surface area (Å²) in [6, 6.07) is 4.36. The molecule has 1 heterocycles. The molecule has 0 saturated heterocycles. The summed E-state index contributed by atoms with van der Waals surface area (Å²) in [5.41, 5.74) is 0.265. The highest BCUT2D eigenvalue weighted by Gasteiger charge is 2.28. The maximum atomic E-state index is 13.1. The molecule has 1 amide bonds. The lowest BCUT2D eigenvalue weighted by molar-refractivity contribution is 0.0938. The van der Waals surface area contributed by atoms with Gasteiger partial charge in [-0.25, -0.2) is 17.8 Å². The van der Waals surface area contributed by atoms with E-state index in [-0.39, 0.29) is 35.1 Å². The minimum atomic E-state index is -3.81. The number of aromatic nitrogens is 1. The van der Waals surface area contributed by atoms with Crippen molar-refractivity contribution in [2.45, 2.75) is 51.2 Å². The molecule has 0 aliphatic rings. The molecule has 9 heteroatoms. The normalized spacial score (nSPS) is 12.2. The van der Waals surface area contributed by atoms with Crippen molar-refractivity contribution in [2.75, 3.05) is 0 Å². The summed E-state index contributed by atoms with van der Waals surface area (Å²) in [7, 11) is -3.81. The van der Waals surface area contributed by atoms with Gasteiger partial charge in [-0.05, 0) is 52.0 Å². The third-order valence-corrected chi connectivity index (χ3v) is 6.36. The molecule has 0 saturated carbocycles. The molecule has 0 aliphatic heterocycles. The fraction of sp³-hybridized carbons (Fsp3) is 0.412. The van der Waals surface area contributed by atoms with E-state index in [0.29, 0.717) is 5.01 Å². The molecule has 0 bridgehead atoms. The van der Waals surface area contributed by atoms with Gasteiger partial charge in [0.05, 0.1) is 11.4 Å². The molecule has 1 aromatic heterocycles. The molecular formula is C17H22FN3O3S2. The van der Waals surface area contributed by atoms with E-state index >= 15 is 0 Å². The minimum absolute atomic E-state index is 0.0151. The van der Waals surface area contributed by atoms with Crippen molar-refractivity contribution >= 4 is 27.3 Å². The average Bonchev–Trinajstić information content (AvgIpc) is 3.01. The van der Waals surface area contributed by atoms with Gasteiger partial charge < -0.3 is 5.32 Å². The van der Waals surface area contributed by atoms with Gasteiger partial charge in [-0.3, -0.25) is 4.79 Å². The molecule has 0 atom stereocenters. The number of hydrogen-bond acceptors (Lipinski definition) is 5. The van der Waals surface area contributed by atoms with Crippen molar-refractivity contribution in [3.05, 3.63) is 46.2 Å². The Kier molecular flexibility index (Phi) is 6.48. The Morgan fingerprint density at radius 1 is 1.23 bits per heavy atom. The third-order valence-electron chi connectivity index (χ3n) is 3.49. The summed E-state index contributed by atoms with van der Waals surface area (Å²) < 4.78 is 40.1. The number of carbonyl (C=O) groups is 1. The van der Waals surface area contributed by atoms with Crippen LogP contribution >= 0.6 is 11.3 Å². The van der Waals surface area contributed by atoms with Gasteiger partial charge in [-0.15, -0.1) is 11.3 Å². The zero-order chi connectivity index (χ0) is 19.5. The molecule has 0 fully saturated rings. The quantitative estimate of drug-likeness (QED) is 0.776. The van der Waals surface area contributed by atoms with E-state index in [1.807, 2.05) is 13.8 Å². The molecule has 142 valence electrons. The maximum absolute atomic E-state index is 13.1. The van der Waals surface area contributed by atoms with Crippen molar-refractivity contribution in [2.24, 2.45) is 0 Å². The van der Waals surface area contributed by atoms with Crippen LogP contribution in [0.25, 0.3) is 0 Å². The van der Waals surface area contributed by atoms with Gasteiger partial charge >= 0.3 is 0 Å². The Labute approximate surface area is 157 Å². The standard InChI is InChI=1S/C17H22FN3O3S2/c1-11(2)19-17(22)15-10-25-16(20-15)9-21(12(3)4)26(23,24)14-7-5-13(18)6-8-14/h5-8,10-12H,9H2,1-4H3,(H,19,22). The first-order chi connectivity index (χ1) is 12.1. The van der Waals surface area contributed by atoms with E-state index in [4.69, 9.17) is 0 Å². The molecule has 6 nitrogen and oxygen atoms in total. The number of carbonyl (C=O) groups excluding carboxylic acids is 1. The number of nitrogens with one attached hydrogen (secondary N) is 1. The highest BCUT2D eigenvalue weighted by Crippen LogP contribution is 2.23. The van der Waals surface area contributed by atoms with Gasteiger partial charge in [0.1, 0.15) is 16.5 Å². The number of amides is 1. The predicted octanol–water partition coefficient (Wildman–Crippen LogP) is 3.02. The average molecular weight is 400 g/mol. The van der Waals surface area contributed by atoms with Crippen LogP contribution in [-0.2, 0) is 16.6 Å². The Bertz CT molecular complexity index is 862. The Balaban J connectivity index is 2.25. The topological polar surface area (TPSA) is 79.4 Å². The number of halogens is 1. The van der Waals surface area contributed by atoms with Crippen molar-refractivity contribution in [3.63, 3.8) is 0 Å². The van der Waals surface area contributed by atoms with E-state index in [1.54, 1.807) is 19.2 Å². The first kappa shape index (κ1) is 20.5. The SMILES string of the molecule is CC(C)NC(=O)c1csc(CN(C(C)C)S(=O)(=O)c2ccc(F)cc2)n1. The fourth-order valence-corrected chi connectivity index (χ4v) is 4.70. The second-order valence-corrected chi connectivity index (χ2v) is 9.19. The Morgan fingerprint density at radius 3 is 2.38 bits per heavy atom. The summed E-state index contributed by atoms with van der Waals surface area (Å²) in [4.78, 5) is 16.3. The van der Waals surface area contributed by atoms with E-state index in [1.165, 1.54) is 27.8 Å². The lowest BCUT2D eigenvalue weighted by Crippen LogP contribution is -2.36. The molecule has 0 spiro atoms. The highest BCUT2D eigenvalue weighted by atomic mass is 32.2. The fourth-order valence-electron chi connectivity index (χ4n) is 2.24. The molecule has 2 aromatic rings. The first-order valence-electron chi connectivity index (χ1n) is 8.14. The lowest BCUT2D eigenvalue weighted by Gasteiger charge is -2.25. The lowest BCUT2D eigenvalue weighted by atomic mass is 10.3. The highest BCUT2D eigenvalue weighted by molar-refractivity contribution is 7.89. The van der Waals surface area contributed by atoms with Crippen LogP contribution in [-0.4, -0.2) is 35.7 Å². The molecule has 0 unspecified atom stereocenters. The number of rotatable bonds is 7. The zero-order valence-electron chi connectivity index (χ0n) is 15.1. The zero-order valence-corrected chi connectivity index (χ0v) is 16.7. The van der Waals surface area contributed by atoms with Crippen LogP contribution in [0.5, 0.6) is 0 Å². The summed E-state index contributed by atoms with van der Waals surface area (Å²) in [6.45, 7) is 7.24. The number of hydrogen-bond donors (Lipinski definition) is 1. The second-order valence-electron chi connectivity index (χ2n) is 6.35. The van der Waals surface area contributed by atoms with E-state index in [2.05, 4.69) is 10.3 Å². The van der Waals surface area contributed by atoms with E-state index < -0.39 is 15.8 Å². The molecule has 0 aliphatic carbocycles. The van der Waals surface area contributed by atoms with Crippen LogP contribution in [0.1, 0.15) is 43.2 Å². The molecular weight excluding hydrogens is 377 g/mol. The summed E-state index contributed by atoms with van der Waals surface area (Å²) >= 11 is 1.23. The molecule has 1 aromatic carbocycles. The number of sulfonamides is 1. The van der Waals surface area contributed by atoms with Gasteiger partial charge in [0, 0.05) is 17.5 Å². The summed E-state index contributed by atoms with van der Waals surface area (Å²) in [5.74, 6) is -0.791. The molecule has 26 heavy (non-hydrogen) atoms. The Hall–Kier alpha value is -1.84. The number of benzene rings is 1. The van der Waals surface area contributed by atoms with Crippen LogP contribution in [0.15, 0.2) is 34.5 Å². The van der Waals surface area contributed by atoms with Gasteiger partial charge in [-0.2, -0.15) is 4.31 Å². The third kappa shape index (κ3) is 4.87. The van der Waals surface area contributed by atoms with Gasteiger partial charge in [0.15, 0.2) is 0 Å². The second kappa shape index (κ2) is 8.24. The van der Waals surface area contributed by atoms with Gasteiger partial charge in [-0.1, -0.05) is 0 Å². The van der Waals surface area contributed by atoms with Crippen LogP contribution in [0.4, 0.5) is 4.39 Å². The monoisotopic (exact) mass is 399 g/mol. The maximum Gasteiger partial charge on any atom is 0.270 e. The van der Waals surface area contributed by atoms with Crippen molar-refractivity contribution in [3.8, 4) is 0 Å². The summed E-state index contributed by atoms with van der Waals surface area (Å²) in [6.07, 6.45) is 0. The largest absolute Gasteiger partial charge is 0.349 e. The van der Waals surface area contributed by atoms with E-state index in [9.17, 15) is 17.6 Å². The molecule has 2 rings (SSSR count). The van der Waals surface area contributed by atoms with Crippen molar-refractivity contribution < 1.29 is 17.6 Å². The minimum Gasteiger partial charge on any atom is -0.349 e. The van der Waals surface area contributed by atoms with Crippen LogP contribution in [0.3, 0.4) is 0 Å². The summed E-state index contributed by atoms with van der Waals surface area (Å²) in [5, 5.41) is 4.87. The van der Waals surface area contributed by atoms with Crippen LogP contribution in [0, 0.1) is 5.82 Å². The first-order valence-corrected chi connectivity index (χ1v) is 10.5. The van der Waals surface area contributed by atoms with Crippen LogP contribution in [0.2, 0.25) is 0 Å².